The number of carbonyl (C=O) groups excluding carboxylic acids is 2. The Kier molecular flexibility index (Phi) is 7.47. The van der Waals surface area contributed by atoms with E-state index in [1.165, 1.54) is 0 Å². The smallest absolute Gasteiger partial charge is 0.306 e. The molecule has 0 heterocycles. The maximum atomic E-state index is 11.8. The van der Waals surface area contributed by atoms with Gasteiger partial charge in [0.05, 0.1) is 6.61 Å². The van der Waals surface area contributed by atoms with Crippen molar-refractivity contribution >= 4 is 33.5 Å². The summed E-state index contributed by atoms with van der Waals surface area (Å²) in [5, 5.41) is 2.69. The molecular formula is C19H20BrNO4. The van der Waals surface area contributed by atoms with Crippen molar-refractivity contribution in [1.29, 1.82) is 0 Å². The molecule has 0 unspecified atom stereocenters. The van der Waals surface area contributed by atoms with Crippen LogP contribution < -0.4 is 10.1 Å². The van der Waals surface area contributed by atoms with E-state index >= 15 is 0 Å². The number of carbonyl (C=O) groups is 2. The Hall–Kier alpha value is -2.34. The Morgan fingerprint density at radius 1 is 1.12 bits per heavy atom. The van der Waals surface area contributed by atoms with Gasteiger partial charge in [0.15, 0.2) is 6.61 Å². The zero-order valence-corrected chi connectivity index (χ0v) is 15.5. The van der Waals surface area contributed by atoms with Crippen LogP contribution in [0.1, 0.15) is 18.4 Å². The van der Waals surface area contributed by atoms with Crippen molar-refractivity contribution in [1.82, 2.24) is 0 Å². The molecule has 0 spiro atoms. The van der Waals surface area contributed by atoms with Gasteiger partial charge in [-0.05, 0) is 55.3 Å². The number of amides is 1. The summed E-state index contributed by atoms with van der Waals surface area (Å²) in [5.41, 5.74) is 1.73. The molecule has 25 heavy (non-hydrogen) atoms. The van der Waals surface area contributed by atoms with Gasteiger partial charge in [-0.15, -0.1) is 0 Å². The Balaban J connectivity index is 1.60. The van der Waals surface area contributed by atoms with E-state index in [1.54, 1.807) is 6.07 Å². The highest BCUT2D eigenvalue weighted by Gasteiger charge is 2.08. The van der Waals surface area contributed by atoms with Crippen LogP contribution in [0, 0.1) is 6.92 Å². The third-order valence-electron chi connectivity index (χ3n) is 3.27. The molecule has 6 heteroatoms. The second-order valence-corrected chi connectivity index (χ2v) is 6.40. The van der Waals surface area contributed by atoms with E-state index in [0.29, 0.717) is 18.7 Å². The number of anilines is 1. The van der Waals surface area contributed by atoms with E-state index in [9.17, 15) is 9.59 Å². The van der Waals surface area contributed by atoms with Gasteiger partial charge in [0.1, 0.15) is 5.75 Å². The molecule has 1 amide bonds. The van der Waals surface area contributed by atoms with Crippen molar-refractivity contribution in [3.8, 4) is 5.75 Å². The standard InChI is InChI=1S/C19H20BrNO4/c1-14-4-2-5-16(12-14)21-18(22)13-25-19(23)6-3-11-24-17-9-7-15(20)8-10-17/h2,4-5,7-10,12H,3,6,11,13H2,1H3,(H,21,22). The Morgan fingerprint density at radius 2 is 1.88 bits per heavy atom. The lowest BCUT2D eigenvalue weighted by Crippen LogP contribution is -2.21. The molecule has 0 saturated heterocycles. The fraction of sp³-hybridized carbons (Fsp3) is 0.263. The number of hydrogen-bond acceptors (Lipinski definition) is 4. The summed E-state index contributed by atoms with van der Waals surface area (Å²) in [4.78, 5) is 23.4. The fourth-order valence-corrected chi connectivity index (χ4v) is 2.34. The largest absolute Gasteiger partial charge is 0.494 e. The first-order valence-electron chi connectivity index (χ1n) is 7.93. The molecule has 0 fully saturated rings. The minimum absolute atomic E-state index is 0.203. The van der Waals surface area contributed by atoms with Crippen molar-refractivity contribution in [2.45, 2.75) is 19.8 Å². The van der Waals surface area contributed by atoms with Crippen molar-refractivity contribution in [3.05, 3.63) is 58.6 Å². The maximum Gasteiger partial charge on any atom is 0.306 e. The van der Waals surface area contributed by atoms with Crippen LogP contribution in [-0.4, -0.2) is 25.1 Å². The highest BCUT2D eigenvalue weighted by Crippen LogP contribution is 2.16. The van der Waals surface area contributed by atoms with Gasteiger partial charge >= 0.3 is 5.97 Å². The predicted molar refractivity (Wildman–Crippen MR) is 99.6 cm³/mol. The summed E-state index contributed by atoms with van der Waals surface area (Å²) in [5.74, 6) is -0.0297. The third kappa shape index (κ3) is 7.39. The molecule has 0 aliphatic carbocycles. The highest BCUT2D eigenvalue weighted by molar-refractivity contribution is 9.10. The number of nitrogens with one attached hydrogen (secondary N) is 1. The predicted octanol–water partition coefficient (Wildman–Crippen LogP) is 4.10. The first kappa shape index (κ1) is 19.0. The lowest BCUT2D eigenvalue weighted by atomic mass is 10.2. The van der Waals surface area contributed by atoms with Crippen LogP contribution in [0.4, 0.5) is 5.69 Å². The van der Waals surface area contributed by atoms with E-state index in [4.69, 9.17) is 9.47 Å². The van der Waals surface area contributed by atoms with E-state index < -0.39 is 5.97 Å². The number of aryl methyl sites for hydroxylation is 1. The molecular weight excluding hydrogens is 386 g/mol. The number of rotatable bonds is 8. The van der Waals surface area contributed by atoms with E-state index in [-0.39, 0.29) is 18.9 Å². The monoisotopic (exact) mass is 405 g/mol. The average Bonchev–Trinajstić information content (AvgIpc) is 2.58. The van der Waals surface area contributed by atoms with Crippen LogP contribution in [0.25, 0.3) is 0 Å². The molecule has 0 aromatic heterocycles. The first-order valence-corrected chi connectivity index (χ1v) is 8.73. The van der Waals surface area contributed by atoms with Crippen LogP contribution in [0.15, 0.2) is 53.0 Å². The van der Waals surface area contributed by atoms with Crippen LogP contribution in [-0.2, 0) is 14.3 Å². The van der Waals surface area contributed by atoms with Gasteiger partial charge in [-0.25, -0.2) is 0 Å². The molecule has 0 aliphatic rings. The fourth-order valence-electron chi connectivity index (χ4n) is 2.08. The molecule has 2 aromatic carbocycles. The summed E-state index contributed by atoms with van der Waals surface area (Å²) >= 11 is 3.35. The zero-order valence-electron chi connectivity index (χ0n) is 14.0. The minimum atomic E-state index is -0.418. The van der Waals surface area contributed by atoms with Crippen LogP contribution in [0.5, 0.6) is 5.75 Å². The molecule has 0 radical (unpaired) electrons. The van der Waals surface area contributed by atoms with Gasteiger partial charge in [0.2, 0.25) is 0 Å². The van der Waals surface area contributed by atoms with Gasteiger partial charge in [-0.3, -0.25) is 9.59 Å². The number of esters is 1. The number of hydrogen-bond donors (Lipinski definition) is 1. The van der Waals surface area contributed by atoms with Crippen molar-refractivity contribution in [2.24, 2.45) is 0 Å². The second kappa shape index (κ2) is 9.84. The average molecular weight is 406 g/mol. The summed E-state index contributed by atoms with van der Waals surface area (Å²) in [6.45, 7) is 2.05. The topological polar surface area (TPSA) is 64.6 Å². The zero-order chi connectivity index (χ0) is 18.1. The third-order valence-corrected chi connectivity index (χ3v) is 3.80. The molecule has 0 bridgehead atoms. The number of halogens is 1. The first-order chi connectivity index (χ1) is 12.0. The molecule has 1 N–H and O–H groups in total. The lowest BCUT2D eigenvalue weighted by molar-refractivity contribution is -0.147. The van der Waals surface area contributed by atoms with Gasteiger partial charge in [0, 0.05) is 16.6 Å². The van der Waals surface area contributed by atoms with E-state index in [1.807, 2.05) is 49.4 Å². The Morgan fingerprint density at radius 3 is 2.60 bits per heavy atom. The summed E-state index contributed by atoms with van der Waals surface area (Å²) < 4.78 is 11.5. The van der Waals surface area contributed by atoms with Crippen molar-refractivity contribution in [3.63, 3.8) is 0 Å². The maximum absolute atomic E-state index is 11.8. The highest BCUT2D eigenvalue weighted by atomic mass is 79.9. The van der Waals surface area contributed by atoms with Gasteiger partial charge in [-0.1, -0.05) is 28.1 Å². The van der Waals surface area contributed by atoms with Gasteiger partial charge in [0.25, 0.3) is 5.91 Å². The summed E-state index contributed by atoms with van der Waals surface area (Å²) in [7, 11) is 0. The molecule has 2 aromatic rings. The second-order valence-electron chi connectivity index (χ2n) is 5.48. The molecule has 0 saturated carbocycles. The Bertz CT molecular complexity index is 716. The Labute approximate surface area is 155 Å². The van der Waals surface area contributed by atoms with Crippen molar-refractivity contribution < 1.29 is 19.1 Å². The molecule has 132 valence electrons. The molecule has 0 atom stereocenters. The molecule has 0 aliphatic heterocycles. The van der Waals surface area contributed by atoms with E-state index in [2.05, 4.69) is 21.2 Å². The number of benzene rings is 2. The van der Waals surface area contributed by atoms with Crippen LogP contribution in [0.2, 0.25) is 0 Å². The van der Waals surface area contributed by atoms with Crippen LogP contribution in [0.3, 0.4) is 0 Å². The lowest BCUT2D eigenvalue weighted by Gasteiger charge is -2.08. The van der Waals surface area contributed by atoms with Crippen LogP contribution >= 0.6 is 15.9 Å². The molecule has 5 nitrogen and oxygen atoms in total. The van der Waals surface area contributed by atoms with E-state index in [0.717, 1.165) is 15.8 Å². The SMILES string of the molecule is Cc1cccc(NC(=O)COC(=O)CCCOc2ccc(Br)cc2)c1. The van der Waals surface area contributed by atoms with Gasteiger partial charge < -0.3 is 14.8 Å². The minimum Gasteiger partial charge on any atom is -0.494 e. The quantitative estimate of drug-likeness (QED) is 0.530. The summed E-state index contributed by atoms with van der Waals surface area (Å²) in [6, 6.07) is 14.9. The number of ether oxygens (including phenoxy) is 2. The normalized spacial score (nSPS) is 10.2. The van der Waals surface area contributed by atoms with Gasteiger partial charge in [-0.2, -0.15) is 0 Å². The molecule has 2 rings (SSSR count). The van der Waals surface area contributed by atoms with Crippen molar-refractivity contribution in [2.75, 3.05) is 18.5 Å². The summed E-state index contributed by atoms with van der Waals surface area (Å²) in [6.07, 6.45) is 0.725.